The summed E-state index contributed by atoms with van der Waals surface area (Å²) in [6.07, 6.45) is 15.7. The van der Waals surface area contributed by atoms with Crippen molar-refractivity contribution in [3.63, 3.8) is 0 Å². The van der Waals surface area contributed by atoms with Crippen molar-refractivity contribution in [2.24, 2.45) is 17.8 Å². The lowest BCUT2D eigenvalue weighted by molar-refractivity contribution is 0.223. The number of rotatable bonds is 6. The van der Waals surface area contributed by atoms with Crippen molar-refractivity contribution >= 4 is 0 Å². The highest BCUT2D eigenvalue weighted by Crippen LogP contribution is 2.40. The fourth-order valence-corrected chi connectivity index (χ4v) is 5.29. The Bertz CT molecular complexity index is 523. The van der Waals surface area contributed by atoms with Crippen molar-refractivity contribution in [1.82, 2.24) is 0 Å². The molecule has 3 rings (SSSR count). The molecule has 0 N–H and O–H groups in total. The van der Waals surface area contributed by atoms with Crippen molar-refractivity contribution in [1.29, 1.82) is 0 Å². The third kappa shape index (κ3) is 5.05. The van der Waals surface area contributed by atoms with Gasteiger partial charge >= 0.3 is 0 Å². The summed E-state index contributed by atoms with van der Waals surface area (Å²) in [7, 11) is 0. The topological polar surface area (TPSA) is 0 Å². The van der Waals surface area contributed by atoms with E-state index in [0.29, 0.717) is 5.56 Å². The van der Waals surface area contributed by atoms with Crippen molar-refractivity contribution in [2.75, 3.05) is 0 Å². The van der Waals surface area contributed by atoms with Crippen LogP contribution in [0.2, 0.25) is 0 Å². The molecule has 0 amide bonds. The van der Waals surface area contributed by atoms with Crippen LogP contribution in [-0.2, 0) is 0 Å². The van der Waals surface area contributed by atoms with Crippen LogP contribution in [0.15, 0.2) is 18.2 Å². The van der Waals surface area contributed by atoms with E-state index in [1.54, 1.807) is 12.1 Å². The van der Waals surface area contributed by atoms with Gasteiger partial charge in [0, 0.05) is 0 Å². The summed E-state index contributed by atoms with van der Waals surface area (Å²) < 4.78 is 27.4. The minimum absolute atomic E-state index is 0.219. The normalized spacial score (nSPS) is 30.4. The molecule has 0 nitrogen and oxygen atoms in total. The first-order chi connectivity index (χ1) is 12.2. The molecule has 140 valence electrons. The zero-order chi connectivity index (χ0) is 17.6. The maximum absolute atomic E-state index is 14.0. The molecular weight excluding hydrogens is 314 g/mol. The van der Waals surface area contributed by atoms with Gasteiger partial charge in [-0.2, -0.15) is 0 Å². The Kier molecular flexibility index (Phi) is 6.90. The van der Waals surface area contributed by atoms with Gasteiger partial charge in [0.05, 0.1) is 0 Å². The number of hydrogen-bond donors (Lipinski definition) is 0. The predicted octanol–water partition coefficient (Wildman–Crippen LogP) is 7.63. The SMILES string of the molecule is CCC[C@H]1CC[C@H](CC[C@H]2CC[C@H](c3cccc(F)c3F)CC2)CC1. The monoisotopic (exact) mass is 348 g/mol. The number of hydrogen-bond acceptors (Lipinski definition) is 0. The van der Waals surface area contributed by atoms with Gasteiger partial charge in [0.25, 0.3) is 0 Å². The van der Waals surface area contributed by atoms with E-state index in [9.17, 15) is 8.78 Å². The summed E-state index contributed by atoms with van der Waals surface area (Å²) in [4.78, 5) is 0. The minimum atomic E-state index is -0.696. The largest absolute Gasteiger partial charge is 0.204 e. The molecule has 0 unspecified atom stereocenters. The lowest BCUT2D eigenvalue weighted by Gasteiger charge is -2.32. The Labute approximate surface area is 152 Å². The molecular formula is C23H34F2. The van der Waals surface area contributed by atoms with E-state index in [2.05, 4.69) is 6.92 Å². The summed E-state index contributed by atoms with van der Waals surface area (Å²) in [5.74, 6) is 1.66. The molecule has 2 aliphatic rings. The van der Waals surface area contributed by atoms with Gasteiger partial charge in [-0.05, 0) is 61.0 Å². The van der Waals surface area contributed by atoms with E-state index >= 15 is 0 Å². The second kappa shape index (κ2) is 9.14. The van der Waals surface area contributed by atoms with Crippen LogP contribution in [0.5, 0.6) is 0 Å². The van der Waals surface area contributed by atoms with Crippen LogP contribution in [0, 0.1) is 29.4 Å². The average Bonchev–Trinajstić information content (AvgIpc) is 2.64. The van der Waals surface area contributed by atoms with Crippen LogP contribution >= 0.6 is 0 Å². The molecule has 0 bridgehead atoms. The second-order valence-corrected chi connectivity index (χ2v) is 8.61. The first-order valence-corrected chi connectivity index (χ1v) is 10.6. The summed E-state index contributed by atoms with van der Waals surface area (Å²) in [6, 6.07) is 4.65. The molecule has 2 fully saturated rings. The Hall–Kier alpha value is -0.920. The first kappa shape index (κ1) is 18.9. The third-order valence-corrected chi connectivity index (χ3v) is 6.91. The maximum Gasteiger partial charge on any atom is 0.162 e. The first-order valence-electron chi connectivity index (χ1n) is 10.6. The van der Waals surface area contributed by atoms with E-state index in [0.717, 1.165) is 30.6 Å². The molecule has 0 aromatic heterocycles. The van der Waals surface area contributed by atoms with Gasteiger partial charge < -0.3 is 0 Å². The molecule has 0 atom stereocenters. The van der Waals surface area contributed by atoms with E-state index in [1.807, 2.05) is 0 Å². The molecule has 2 aliphatic carbocycles. The molecule has 2 saturated carbocycles. The average molecular weight is 349 g/mol. The molecule has 0 saturated heterocycles. The minimum Gasteiger partial charge on any atom is -0.204 e. The third-order valence-electron chi connectivity index (χ3n) is 6.91. The molecule has 0 heterocycles. The molecule has 0 aliphatic heterocycles. The van der Waals surface area contributed by atoms with E-state index < -0.39 is 11.6 Å². The smallest absolute Gasteiger partial charge is 0.162 e. The van der Waals surface area contributed by atoms with Crippen LogP contribution in [0.25, 0.3) is 0 Å². The summed E-state index contributed by atoms with van der Waals surface area (Å²) in [6.45, 7) is 2.30. The van der Waals surface area contributed by atoms with Gasteiger partial charge in [0.15, 0.2) is 11.6 Å². The van der Waals surface area contributed by atoms with Gasteiger partial charge in [-0.3, -0.25) is 0 Å². The Balaban J connectivity index is 1.39. The maximum atomic E-state index is 14.0. The molecule has 1 aromatic rings. The van der Waals surface area contributed by atoms with Crippen LogP contribution in [0.3, 0.4) is 0 Å². The van der Waals surface area contributed by atoms with Gasteiger partial charge in [-0.25, -0.2) is 8.78 Å². The quantitative estimate of drug-likeness (QED) is 0.496. The van der Waals surface area contributed by atoms with Crippen molar-refractivity contribution in [3.05, 3.63) is 35.4 Å². The highest BCUT2D eigenvalue weighted by molar-refractivity contribution is 5.23. The van der Waals surface area contributed by atoms with E-state index in [-0.39, 0.29) is 5.92 Å². The highest BCUT2D eigenvalue weighted by Gasteiger charge is 2.26. The molecule has 25 heavy (non-hydrogen) atoms. The second-order valence-electron chi connectivity index (χ2n) is 8.61. The van der Waals surface area contributed by atoms with Gasteiger partial charge in [-0.1, -0.05) is 70.4 Å². The summed E-state index contributed by atoms with van der Waals surface area (Å²) in [5, 5.41) is 0. The van der Waals surface area contributed by atoms with Crippen molar-refractivity contribution in [3.8, 4) is 0 Å². The standard InChI is InChI=1S/C23H34F2/c1-2-4-17-7-9-18(10-8-17)11-12-19-13-15-20(16-14-19)21-5-3-6-22(24)23(21)25/h3,5-6,17-20H,2,4,7-16H2,1H3/t17-,18-,19-,20-. The van der Waals surface area contributed by atoms with Gasteiger partial charge in [0.2, 0.25) is 0 Å². The zero-order valence-electron chi connectivity index (χ0n) is 15.8. The van der Waals surface area contributed by atoms with E-state index in [4.69, 9.17) is 0 Å². The lowest BCUT2D eigenvalue weighted by Crippen LogP contribution is -2.18. The Morgan fingerprint density at radius 2 is 1.28 bits per heavy atom. The number of halogens is 2. The van der Waals surface area contributed by atoms with Gasteiger partial charge in [0.1, 0.15) is 0 Å². The van der Waals surface area contributed by atoms with Gasteiger partial charge in [-0.15, -0.1) is 0 Å². The zero-order valence-corrected chi connectivity index (χ0v) is 15.8. The predicted molar refractivity (Wildman–Crippen MR) is 101 cm³/mol. The van der Waals surface area contributed by atoms with Crippen molar-refractivity contribution < 1.29 is 8.78 Å². The van der Waals surface area contributed by atoms with Crippen LogP contribution in [0.1, 0.15) is 95.5 Å². The lowest BCUT2D eigenvalue weighted by atomic mass is 9.74. The molecule has 0 spiro atoms. The fraction of sp³-hybridized carbons (Fsp3) is 0.739. The number of benzene rings is 1. The summed E-state index contributed by atoms with van der Waals surface area (Å²) >= 11 is 0. The van der Waals surface area contributed by atoms with Crippen LogP contribution in [-0.4, -0.2) is 0 Å². The molecule has 1 aromatic carbocycles. The van der Waals surface area contributed by atoms with Crippen LogP contribution < -0.4 is 0 Å². The Morgan fingerprint density at radius 1 is 0.760 bits per heavy atom. The van der Waals surface area contributed by atoms with Crippen molar-refractivity contribution in [2.45, 2.75) is 89.9 Å². The molecule has 0 radical (unpaired) electrons. The Morgan fingerprint density at radius 3 is 1.84 bits per heavy atom. The highest BCUT2D eigenvalue weighted by atomic mass is 19.2. The van der Waals surface area contributed by atoms with Crippen LogP contribution in [0.4, 0.5) is 8.78 Å². The fourth-order valence-electron chi connectivity index (χ4n) is 5.29. The van der Waals surface area contributed by atoms with E-state index in [1.165, 1.54) is 70.3 Å². The summed E-state index contributed by atoms with van der Waals surface area (Å²) in [5.41, 5.74) is 0.604. The molecule has 2 heteroatoms.